The zero-order chi connectivity index (χ0) is 12.8. The summed E-state index contributed by atoms with van der Waals surface area (Å²) < 4.78 is 0. The van der Waals surface area contributed by atoms with Crippen LogP contribution in [0.25, 0.3) is 0 Å². The molecular formula is C14H18O3S. The average molecular weight is 266 g/mol. The SMILES string of the molecule is O=C(O)c1ccsc1C1(O)CCCC(C2CC2)C1. The van der Waals surface area contributed by atoms with Crippen molar-refractivity contribution in [2.45, 2.75) is 44.1 Å². The van der Waals surface area contributed by atoms with E-state index in [4.69, 9.17) is 0 Å². The second-order valence-corrected chi connectivity index (χ2v) is 6.61. The molecule has 0 radical (unpaired) electrons. The first-order valence-electron chi connectivity index (χ1n) is 6.64. The van der Waals surface area contributed by atoms with Crippen LogP contribution in [-0.4, -0.2) is 16.2 Å². The zero-order valence-corrected chi connectivity index (χ0v) is 11.1. The van der Waals surface area contributed by atoms with Crippen molar-refractivity contribution < 1.29 is 15.0 Å². The number of aromatic carboxylic acids is 1. The minimum atomic E-state index is -0.923. The second kappa shape index (κ2) is 4.35. The van der Waals surface area contributed by atoms with Crippen LogP contribution in [0, 0.1) is 11.8 Å². The molecule has 0 aliphatic heterocycles. The standard InChI is InChI=1S/C14H18O3S/c15-13(16)11-5-7-18-12(11)14(17)6-1-2-10(8-14)9-3-4-9/h5,7,9-10,17H,1-4,6,8H2,(H,15,16). The van der Waals surface area contributed by atoms with E-state index in [0.29, 0.717) is 22.8 Å². The predicted molar refractivity (Wildman–Crippen MR) is 69.9 cm³/mol. The van der Waals surface area contributed by atoms with E-state index in [0.717, 1.165) is 18.8 Å². The lowest BCUT2D eigenvalue weighted by atomic mass is 9.74. The number of hydrogen-bond acceptors (Lipinski definition) is 3. The molecule has 0 bridgehead atoms. The molecule has 2 aliphatic carbocycles. The van der Waals surface area contributed by atoms with Gasteiger partial charge in [-0.15, -0.1) is 11.3 Å². The van der Waals surface area contributed by atoms with E-state index < -0.39 is 11.6 Å². The Hall–Kier alpha value is -0.870. The molecule has 18 heavy (non-hydrogen) atoms. The van der Waals surface area contributed by atoms with Crippen LogP contribution >= 0.6 is 11.3 Å². The van der Waals surface area contributed by atoms with Crippen LogP contribution in [0.1, 0.15) is 53.8 Å². The van der Waals surface area contributed by atoms with E-state index in [1.807, 2.05) is 0 Å². The van der Waals surface area contributed by atoms with Crippen molar-refractivity contribution in [1.29, 1.82) is 0 Å². The maximum atomic E-state index is 11.2. The van der Waals surface area contributed by atoms with Gasteiger partial charge in [0.2, 0.25) is 0 Å². The van der Waals surface area contributed by atoms with Crippen LogP contribution in [0.4, 0.5) is 0 Å². The summed E-state index contributed by atoms with van der Waals surface area (Å²) in [6.07, 6.45) is 6.23. The Balaban J connectivity index is 1.88. The fourth-order valence-electron chi connectivity index (χ4n) is 3.31. The van der Waals surface area contributed by atoms with E-state index in [1.165, 1.54) is 30.6 Å². The van der Waals surface area contributed by atoms with Crippen molar-refractivity contribution in [3.8, 4) is 0 Å². The summed E-state index contributed by atoms with van der Waals surface area (Å²) in [6, 6.07) is 1.61. The Labute approximate surface area is 110 Å². The quantitative estimate of drug-likeness (QED) is 0.883. The van der Waals surface area contributed by atoms with E-state index in [1.54, 1.807) is 11.4 Å². The number of thiophene rings is 1. The van der Waals surface area contributed by atoms with Crippen molar-refractivity contribution in [1.82, 2.24) is 0 Å². The molecule has 3 rings (SSSR count). The number of hydrogen-bond donors (Lipinski definition) is 2. The molecule has 2 atom stereocenters. The van der Waals surface area contributed by atoms with Crippen molar-refractivity contribution in [3.63, 3.8) is 0 Å². The molecule has 0 amide bonds. The van der Waals surface area contributed by atoms with Crippen LogP contribution in [0.3, 0.4) is 0 Å². The molecule has 1 aromatic heterocycles. The summed E-state index contributed by atoms with van der Waals surface area (Å²) in [5, 5.41) is 21.8. The van der Waals surface area contributed by atoms with Crippen LogP contribution < -0.4 is 0 Å². The highest BCUT2D eigenvalue weighted by atomic mass is 32.1. The van der Waals surface area contributed by atoms with E-state index >= 15 is 0 Å². The van der Waals surface area contributed by atoms with Gasteiger partial charge in [0.15, 0.2) is 0 Å². The first kappa shape index (κ1) is 12.2. The Kier molecular flexibility index (Phi) is 2.94. The summed E-state index contributed by atoms with van der Waals surface area (Å²) in [7, 11) is 0. The highest BCUT2D eigenvalue weighted by Gasteiger charge is 2.43. The van der Waals surface area contributed by atoms with Gasteiger partial charge in [-0.05, 0) is 61.8 Å². The third-order valence-corrected chi connectivity index (χ3v) is 5.48. The van der Waals surface area contributed by atoms with Crippen molar-refractivity contribution >= 4 is 17.3 Å². The highest BCUT2D eigenvalue weighted by molar-refractivity contribution is 7.10. The lowest BCUT2D eigenvalue weighted by Gasteiger charge is -2.37. The van der Waals surface area contributed by atoms with Crippen molar-refractivity contribution in [2.24, 2.45) is 11.8 Å². The first-order chi connectivity index (χ1) is 8.60. The predicted octanol–water partition coefficient (Wildman–Crippen LogP) is 3.23. The van der Waals surface area contributed by atoms with Gasteiger partial charge >= 0.3 is 5.97 Å². The lowest BCUT2D eigenvalue weighted by molar-refractivity contribution is -0.0228. The molecule has 1 aromatic rings. The minimum absolute atomic E-state index is 0.291. The fraction of sp³-hybridized carbons (Fsp3) is 0.643. The molecule has 2 saturated carbocycles. The van der Waals surface area contributed by atoms with Crippen LogP contribution in [0.5, 0.6) is 0 Å². The van der Waals surface area contributed by atoms with E-state index in [2.05, 4.69) is 0 Å². The van der Waals surface area contributed by atoms with Gasteiger partial charge < -0.3 is 10.2 Å². The van der Waals surface area contributed by atoms with Gasteiger partial charge in [0.05, 0.1) is 16.0 Å². The molecule has 2 aliphatic rings. The Bertz CT molecular complexity index is 463. The molecule has 1 heterocycles. The fourth-order valence-corrected chi connectivity index (χ4v) is 4.34. The Morgan fingerprint density at radius 2 is 2.11 bits per heavy atom. The summed E-state index contributed by atoms with van der Waals surface area (Å²) in [4.78, 5) is 11.9. The summed E-state index contributed by atoms with van der Waals surface area (Å²) in [5.41, 5.74) is -0.605. The molecule has 4 heteroatoms. The Morgan fingerprint density at radius 1 is 1.33 bits per heavy atom. The first-order valence-corrected chi connectivity index (χ1v) is 7.52. The molecule has 0 saturated heterocycles. The second-order valence-electron chi connectivity index (χ2n) is 5.69. The van der Waals surface area contributed by atoms with Crippen molar-refractivity contribution in [2.75, 3.05) is 0 Å². The smallest absolute Gasteiger partial charge is 0.336 e. The van der Waals surface area contributed by atoms with Gasteiger partial charge in [0.25, 0.3) is 0 Å². The molecule has 2 unspecified atom stereocenters. The highest BCUT2D eigenvalue weighted by Crippen LogP contribution is 2.50. The molecule has 0 spiro atoms. The topological polar surface area (TPSA) is 57.5 Å². The van der Waals surface area contributed by atoms with Gasteiger partial charge in [-0.2, -0.15) is 0 Å². The Morgan fingerprint density at radius 3 is 2.78 bits per heavy atom. The van der Waals surface area contributed by atoms with Gasteiger partial charge in [-0.25, -0.2) is 4.79 Å². The number of aliphatic hydroxyl groups is 1. The maximum Gasteiger partial charge on any atom is 0.336 e. The molecular weight excluding hydrogens is 248 g/mol. The normalized spacial score (nSPS) is 32.4. The summed E-state index contributed by atoms with van der Waals surface area (Å²) in [5.74, 6) is 0.450. The van der Waals surface area contributed by atoms with E-state index in [9.17, 15) is 15.0 Å². The van der Waals surface area contributed by atoms with Crippen molar-refractivity contribution in [3.05, 3.63) is 21.9 Å². The molecule has 98 valence electrons. The van der Waals surface area contributed by atoms with Gasteiger partial charge in [-0.1, -0.05) is 0 Å². The number of carboxylic acid groups (broad SMARTS) is 1. The third kappa shape index (κ3) is 2.08. The maximum absolute atomic E-state index is 11.2. The zero-order valence-electron chi connectivity index (χ0n) is 10.3. The molecule has 2 N–H and O–H groups in total. The monoisotopic (exact) mass is 266 g/mol. The molecule has 2 fully saturated rings. The average Bonchev–Trinajstić information content (AvgIpc) is 3.05. The summed E-state index contributed by atoms with van der Waals surface area (Å²) in [6.45, 7) is 0. The number of carboxylic acids is 1. The minimum Gasteiger partial charge on any atom is -0.478 e. The molecule has 0 aromatic carbocycles. The van der Waals surface area contributed by atoms with Crippen LogP contribution in [0.15, 0.2) is 11.4 Å². The number of rotatable bonds is 3. The van der Waals surface area contributed by atoms with Gasteiger partial charge in [-0.3, -0.25) is 0 Å². The van der Waals surface area contributed by atoms with Gasteiger partial charge in [0, 0.05) is 0 Å². The van der Waals surface area contributed by atoms with Crippen LogP contribution in [-0.2, 0) is 5.60 Å². The largest absolute Gasteiger partial charge is 0.478 e. The summed E-state index contributed by atoms with van der Waals surface area (Å²) >= 11 is 1.39. The number of carbonyl (C=O) groups is 1. The van der Waals surface area contributed by atoms with Gasteiger partial charge in [0.1, 0.15) is 0 Å². The molecule has 3 nitrogen and oxygen atoms in total. The lowest BCUT2D eigenvalue weighted by Crippen LogP contribution is -2.33. The van der Waals surface area contributed by atoms with Crippen LogP contribution in [0.2, 0.25) is 0 Å². The van der Waals surface area contributed by atoms with E-state index in [-0.39, 0.29) is 0 Å². The third-order valence-electron chi connectivity index (χ3n) is 4.37.